The van der Waals surface area contributed by atoms with E-state index in [1.165, 1.54) is 0 Å². The summed E-state index contributed by atoms with van der Waals surface area (Å²) in [4.78, 5) is -0.278. The summed E-state index contributed by atoms with van der Waals surface area (Å²) in [7, 11) is 2.68. The molecule has 0 aliphatic carbocycles. The van der Waals surface area contributed by atoms with Gasteiger partial charge in [0.05, 0.1) is 26.4 Å². The van der Waals surface area contributed by atoms with Gasteiger partial charge in [-0.1, -0.05) is 0 Å². The molecule has 0 saturated carbocycles. The molecule has 2 saturated heterocycles. The molecule has 2 N–H and O–H groups in total. The van der Waals surface area contributed by atoms with Gasteiger partial charge in [0.25, 0.3) is 0 Å². The van der Waals surface area contributed by atoms with E-state index in [1.807, 2.05) is 0 Å². The molecule has 2 aliphatic rings. The normalized spacial score (nSPS) is 21.2. The molecule has 2 rings (SSSR count). The van der Waals surface area contributed by atoms with Gasteiger partial charge in [0.2, 0.25) is 0 Å². The van der Waals surface area contributed by atoms with Gasteiger partial charge in [-0.2, -0.15) is 0 Å². The van der Waals surface area contributed by atoms with Crippen molar-refractivity contribution in [3.8, 4) is 0 Å². The molecular weight excluding hydrogens is 862 g/mol. The Balaban J connectivity index is -0.000000182. The van der Waals surface area contributed by atoms with Crippen molar-refractivity contribution in [1.82, 2.24) is 0 Å². The van der Waals surface area contributed by atoms with Crippen molar-refractivity contribution < 1.29 is 29.3 Å². The molecule has 19 heavy (non-hydrogen) atoms. The molecule has 11 heteroatoms. The Morgan fingerprint density at radius 1 is 1.11 bits per heavy atom. The van der Waals surface area contributed by atoms with Gasteiger partial charge in [-0.15, -0.1) is 0 Å². The summed E-state index contributed by atoms with van der Waals surface area (Å²) < 4.78 is 14.2. The van der Waals surface area contributed by atoms with Gasteiger partial charge in [0.15, 0.2) is 0 Å². The average molecular weight is 880 g/mol. The molecule has 0 amide bonds. The number of rotatable bonds is 3. The zero-order chi connectivity index (χ0) is 15.7. The first-order valence-corrected chi connectivity index (χ1v) is 24.6. The van der Waals surface area contributed by atoms with Crippen LogP contribution < -0.4 is 0 Å². The molecule has 0 aromatic heterocycles. The Morgan fingerprint density at radius 2 is 1.42 bits per heavy atom. The van der Waals surface area contributed by atoms with E-state index < -0.39 is 0 Å². The van der Waals surface area contributed by atoms with Gasteiger partial charge in [0, 0.05) is 51.5 Å². The second kappa shape index (κ2) is 24.3. The first-order valence-electron chi connectivity index (χ1n) is 4.79. The van der Waals surface area contributed by atoms with Crippen molar-refractivity contribution in [2.45, 2.75) is 12.2 Å². The Labute approximate surface area is 176 Å². The maximum absolute atomic E-state index is 8.08. The number of halogens is 5. The molecule has 5 nitrogen and oxygen atoms in total. The van der Waals surface area contributed by atoms with Crippen LogP contribution in [0.3, 0.4) is 0 Å². The maximum atomic E-state index is 8.08. The molecule has 2 aliphatic heterocycles. The monoisotopic (exact) mass is 880 g/mol. The van der Waals surface area contributed by atoms with Crippen molar-refractivity contribution in [2.75, 3.05) is 40.6 Å². The molecule has 0 radical (unpaired) electrons. The first kappa shape index (κ1) is 27.9. The van der Waals surface area contributed by atoms with Crippen molar-refractivity contribution in [3.63, 3.8) is 0 Å². The number of ether oxygens (including phenoxy) is 3. The molecule has 2 unspecified atom stereocenters. The van der Waals surface area contributed by atoms with E-state index in [0.29, 0.717) is 6.10 Å². The number of methoxy groups -OCH3 is 1. The second-order valence-corrected chi connectivity index (χ2v) is 38.1. The Bertz CT molecular complexity index is 149. The van der Waals surface area contributed by atoms with Gasteiger partial charge in [-0.3, -0.25) is 0 Å². The number of aliphatic hydroxyl groups excluding tert-OH is 2. The Morgan fingerprint density at radius 3 is 1.47 bits per heavy atom. The topological polar surface area (TPSA) is 74.8 Å². The van der Waals surface area contributed by atoms with Gasteiger partial charge >= 0.3 is 64.9 Å². The van der Waals surface area contributed by atoms with Crippen molar-refractivity contribution in [2.24, 2.45) is 0 Å². The van der Waals surface area contributed by atoms with Crippen LogP contribution in [-0.4, -0.2) is 63.1 Å². The first-order chi connectivity index (χ1) is 9.10. The van der Waals surface area contributed by atoms with E-state index in [9.17, 15) is 0 Å². The molecule has 0 spiro atoms. The van der Waals surface area contributed by atoms with Crippen LogP contribution in [0.4, 0.5) is 0 Å². The predicted octanol–water partition coefficient (Wildman–Crippen LogP) is 3.44. The third kappa shape index (κ3) is 39.1. The van der Waals surface area contributed by atoms with Crippen LogP contribution in [0.15, 0.2) is 0 Å². The van der Waals surface area contributed by atoms with E-state index in [1.54, 1.807) is 7.11 Å². The molecule has 0 bridgehead atoms. The predicted molar refractivity (Wildman–Crippen MR) is 117 cm³/mol. The Kier molecular flexibility index (Phi) is 35.6. The summed E-state index contributed by atoms with van der Waals surface area (Å²) in [6.45, 7) is 2.62. The number of hydrogen-bond acceptors (Lipinski definition) is 5. The van der Waals surface area contributed by atoms with E-state index in [0.717, 1.165) is 26.9 Å². The van der Waals surface area contributed by atoms with Gasteiger partial charge in [-0.25, -0.2) is 0 Å². The van der Waals surface area contributed by atoms with Crippen LogP contribution in [-0.2, 0) is 19.1 Å². The summed E-state index contributed by atoms with van der Waals surface area (Å²) in [5.41, 5.74) is 0. The molecule has 2 heterocycles. The van der Waals surface area contributed by atoms with Crippen molar-refractivity contribution in [1.29, 1.82) is 0 Å². The fraction of sp³-hybridized carbons (Fsp3) is 1.00. The number of epoxide rings is 2. The van der Waals surface area contributed by atoms with Gasteiger partial charge in [0.1, 0.15) is 12.2 Å². The van der Waals surface area contributed by atoms with E-state index in [-0.39, 0.29) is 17.6 Å². The van der Waals surface area contributed by atoms with E-state index in [4.69, 9.17) is 19.7 Å². The fourth-order valence-electron chi connectivity index (χ4n) is 0.524. The number of aliphatic hydroxyl groups is 2. The average Bonchev–Trinajstić information content (AvgIpc) is 3.29. The van der Waals surface area contributed by atoms with Crippen LogP contribution in [0.1, 0.15) is 0 Å². The summed E-state index contributed by atoms with van der Waals surface area (Å²) in [6.07, 6.45) is 0.616. The minimum absolute atomic E-state index is 0.190. The molecule has 2 fully saturated rings. The van der Waals surface area contributed by atoms with Crippen LogP contribution in [0.25, 0.3) is 0 Å². The third-order valence-electron chi connectivity index (χ3n) is 1.36. The molecular formula is C8H18I5O5V. The Hall–Kier alpha value is 4.03. The summed E-state index contributed by atoms with van der Waals surface area (Å²) in [5.74, 6) is 0. The van der Waals surface area contributed by atoms with Crippen molar-refractivity contribution >= 4 is 97.2 Å². The summed E-state index contributed by atoms with van der Waals surface area (Å²) in [5, 5.41) is 15.1. The van der Waals surface area contributed by atoms with Crippen LogP contribution >= 0.6 is 97.2 Å². The number of hydrogen-bond donors (Lipinski definition) is 2. The van der Waals surface area contributed by atoms with Crippen molar-refractivity contribution in [3.05, 3.63) is 0 Å². The van der Waals surface area contributed by atoms with Crippen LogP contribution in [0, 0.1) is 0 Å². The SMILES string of the molecule is CO.COCC1CO1.II.OCC1CO1.[I][V]([I])[I]. The van der Waals surface area contributed by atoms with Gasteiger partial charge < -0.3 is 24.4 Å². The summed E-state index contributed by atoms with van der Waals surface area (Å²) >= 11 is 11.6. The van der Waals surface area contributed by atoms with Gasteiger partial charge in [-0.05, 0) is 0 Å². The minimum atomic E-state index is -0.278. The second-order valence-electron chi connectivity index (χ2n) is 2.74. The quantitative estimate of drug-likeness (QED) is 0.336. The zero-order valence-electron chi connectivity index (χ0n) is 10.4. The molecule has 120 valence electrons. The molecule has 0 aromatic carbocycles. The van der Waals surface area contributed by atoms with Crippen LogP contribution in [0.5, 0.6) is 0 Å². The van der Waals surface area contributed by atoms with E-state index >= 15 is 0 Å². The third-order valence-corrected chi connectivity index (χ3v) is 1.36. The van der Waals surface area contributed by atoms with E-state index in [2.05, 4.69) is 102 Å². The molecule has 0 aromatic rings. The molecule has 2 atom stereocenters. The standard InChI is InChI=1S/C4H8O2.C3H6O2.CH4O.I2.3HI.V/c1-5-2-4-3-6-4;4-1-3-2-5-3;2*1-2;;;;/h4H,2-3H2,1H3;3-4H,1-2H2;2H,1H3;;3*1H;/q;;;;;;;+3/p-3. The fourth-order valence-corrected chi connectivity index (χ4v) is 0.524. The zero-order valence-corrected chi connectivity index (χ0v) is 22.6. The van der Waals surface area contributed by atoms with Crippen LogP contribution in [0.2, 0.25) is 0 Å². The summed E-state index contributed by atoms with van der Waals surface area (Å²) in [6, 6.07) is 0.